The molecule has 0 unspecified atom stereocenters. The van der Waals surface area contributed by atoms with Gasteiger partial charge in [0.05, 0.1) is 11.7 Å². The highest BCUT2D eigenvalue weighted by molar-refractivity contribution is 5.92. The summed E-state index contributed by atoms with van der Waals surface area (Å²) in [6.07, 6.45) is 7.01. The van der Waals surface area contributed by atoms with Crippen LogP contribution in [0.1, 0.15) is 59.0 Å². The zero-order valence-corrected chi connectivity index (χ0v) is 15.1. The van der Waals surface area contributed by atoms with Gasteiger partial charge in [0, 0.05) is 31.7 Å². The lowest BCUT2D eigenvalue weighted by Gasteiger charge is -2.44. The number of hydrogen-bond donors (Lipinski definition) is 1. The molecule has 136 valence electrons. The molecule has 1 amide bonds. The van der Waals surface area contributed by atoms with E-state index >= 15 is 0 Å². The first-order chi connectivity index (χ1) is 12.7. The fourth-order valence-corrected chi connectivity index (χ4v) is 3.92. The van der Waals surface area contributed by atoms with Crippen LogP contribution in [0.3, 0.4) is 0 Å². The molecule has 1 saturated carbocycles. The number of anilines is 1. The number of fused-ring (bicyclic) bond motifs is 1. The van der Waals surface area contributed by atoms with Gasteiger partial charge in [-0.15, -0.1) is 5.10 Å². The van der Waals surface area contributed by atoms with E-state index in [9.17, 15) is 4.79 Å². The minimum absolute atomic E-state index is 0.00525. The van der Waals surface area contributed by atoms with Crippen molar-refractivity contribution in [3.63, 3.8) is 0 Å². The third-order valence-corrected chi connectivity index (χ3v) is 5.95. The zero-order chi connectivity index (χ0) is 17.7. The monoisotopic (exact) mass is 352 g/mol. The van der Waals surface area contributed by atoms with Crippen LogP contribution in [0.15, 0.2) is 12.1 Å². The van der Waals surface area contributed by atoms with E-state index in [2.05, 4.69) is 31.4 Å². The second kappa shape index (κ2) is 6.07. The number of H-pyrrole nitrogens is 1. The normalized spacial score (nSPS) is 19.8. The highest BCUT2D eigenvalue weighted by Crippen LogP contribution is 2.39. The third kappa shape index (κ3) is 2.75. The summed E-state index contributed by atoms with van der Waals surface area (Å²) >= 11 is 0. The summed E-state index contributed by atoms with van der Waals surface area (Å²) in [6, 6.07) is 4.30. The molecule has 0 aromatic carbocycles. The van der Waals surface area contributed by atoms with Gasteiger partial charge in [0.25, 0.3) is 5.91 Å². The summed E-state index contributed by atoms with van der Waals surface area (Å²) in [5.74, 6) is 1.52. The van der Waals surface area contributed by atoms with Crippen LogP contribution in [0, 0.1) is 0 Å². The molecule has 1 aliphatic heterocycles. The molecule has 2 aliphatic carbocycles. The number of aromatic amines is 1. The van der Waals surface area contributed by atoms with Crippen molar-refractivity contribution in [3.8, 4) is 0 Å². The van der Waals surface area contributed by atoms with Crippen molar-refractivity contribution in [2.75, 3.05) is 25.0 Å². The molecule has 2 aromatic rings. The highest BCUT2D eigenvalue weighted by Gasteiger charge is 2.35. The Morgan fingerprint density at radius 1 is 1.19 bits per heavy atom. The number of likely N-dealkylation sites (N-methyl/N-ethyl adjacent to an activating group) is 1. The minimum Gasteiger partial charge on any atom is -0.351 e. The largest absolute Gasteiger partial charge is 0.351 e. The van der Waals surface area contributed by atoms with Gasteiger partial charge in [0.1, 0.15) is 5.69 Å². The SMILES string of the molecule is CN(C(=O)c1cc(C2CC2)[nH]n1)C1CN(c2cc3c(nn2)CCCC3)C1. The van der Waals surface area contributed by atoms with Crippen molar-refractivity contribution < 1.29 is 4.79 Å². The number of aryl methyl sites for hydroxylation is 2. The summed E-state index contributed by atoms with van der Waals surface area (Å²) in [7, 11) is 1.87. The topological polar surface area (TPSA) is 78.0 Å². The summed E-state index contributed by atoms with van der Waals surface area (Å²) in [5.41, 5.74) is 4.13. The molecular formula is C19H24N6O. The quantitative estimate of drug-likeness (QED) is 0.909. The first-order valence-corrected chi connectivity index (χ1v) is 9.62. The molecule has 2 aromatic heterocycles. The van der Waals surface area contributed by atoms with Crippen LogP contribution in [0.5, 0.6) is 0 Å². The Hall–Kier alpha value is -2.44. The van der Waals surface area contributed by atoms with Crippen LogP contribution < -0.4 is 4.90 Å². The van der Waals surface area contributed by atoms with E-state index in [1.165, 1.54) is 31.2 Å². The summed E-state index contributed by atoms with van der Waals surface area (Å²) in [4.78, 5) is 16.7. The van der Waals surface area contributed by atoms with E-state index < -0.39 is 0 Å². The van der Waals surface area contributed by atoms with Crippen molar-refractivity contribution in [3.05, 3.63) is 34.8 Å². The molecule has 0 bridgehead atoms. The molecule has 7 nitrogen and oxygen atoms in total. The predicted octanol–water partition coefficient (Wildman–Crippen LogP) is 1.92. The second-order valence-corrected chi connectivity index (χ2v) is 7.84. The molecule has 3 aliphatic rings. The van der Waals surface area contributed by atoms with Crippen LogP contribution in [0.2, 0.25) is 0 Å². The number of carbonyl (C=O) groups is 1. The predicted molar refractivity (Wildman–Crippen MR) is 97.3 cm³/mol. The van der Waals surface area contributed by atoms with E-state index in [0.29, 0.717) is 11.6 Å². The molecule has 3 heterocycles. The Morgan fingerprint density at radius 2 is 2.00 bits per heavy atom. The molecular weight excluding hydrogens is 328 g/mol. The number of aromatic nitrogens is 4. The molecule has 0 spiro atoms. The number of amides is 1. The van der Waals surface area contributed by atoms with Crippen molar-refractivity contribution in [2.24, 2.45) is 0 Å². The molecule has 2 fully saturated rings. The smallest absolute Gasteiger partial charge is 0.274 e. The van der Waals surface area contributed by atoms with Crippen molar-refractivity contribution in [2.45, 2.75) is 50.5 Å². The number of rotatable bonds is 4. The van der Waals surface area contributed by atoms with Gasteiger partial charge in [0.15, 0.2) is 5.82 Å². The van der Waals surface area contributed by atoms with Crippen molar-refractivity contribution in [1.82, 2.24) is 25.3 Å². The lowest BCUT2D eigenvalue weighted by Crippen LogP contribution is -2.60. The number of nitrogens with one attached hydrogen (secondary N) is 1. The first-order valence-electron chi connectivity index (χ1n) is 9.62. The van der Waals surface area contributed by atoms with Crippen LogP contribution in [0.25, 0.3) is 0 Å². The van der Waals surface area contributed by atoms with E-state index in [4.69, 9.17) is 0 Å². The van der Waals surface area contributed by atoms with Crippen LogP contribution in [-0.2, 0) is 12.8 Å². The van der Waals surface area contributed by atoms with E-state index in [1.54, 1.807) is 0 Å². The van der Waals surface area contributed by atoms with Gasteiger partial charge in [-0.25, -0.2) is 0 Å². The van der Waals surface area contributed by atoms with Crippen LogP contribution in [0.4, 0.5) is 5.82 Å². The summed E-state index contributed by atoms with van der Waals surface area (Å²) in [6.45, 7) is 1.60. The maximum atomic E-state index is 12.7. The summed E-state index contributed by atoms with van der Waals surface area (Å²) in [5, 5.41) is 16.0. The Balaban J connectivity index is 1.22. The second-order valence-electron chi connectivity index (χ2n) is 7.84. The van der Waals surface area contributed by atoms with Crippen molar-refractivity contribution in [1.29, 1.82) is 0 Å². The van der Waals surface area contributed by atoms with E-state index in [1.807, 2.05) is 18.0 Å². The van der Waals surface area contributed by atoms with Crippen LogP contribution in [-0.4, -0.2) is 57.4 Å². The molecule has 0 radical (unpaired) electrons. The number of hydrogen-bond acceptors (Lipinski definition) is 5. The molecule has 7 heteroatoms. The summed E-state index contributed by atoms with van der Waals surface area (Å²) < 4.78 is 0. The average Bonchev–Trinajstić information content (AvgIpc) is 3.36. The third-order valence-electron chi connectivity index (χ3n) is 5.95. The highest BCUT2D eigenvalue weighted by atomic mass is 16.2. The maximum absolute atomic E-state index is 12.7. The Bertz CT molecular complexity index is 836. The molecule has 1 N–H and O–H groups in total. The van der Waals surface area contributed by atoms with Gasteiger partial charge in [-0.05, 0) is 56.2 Å². The van der Waals surface area contributed by atoms with Crippen molar-refractivity contribution >= 4 is 11.7 Å². The fraction of sp³-hybridized carbons (Fsp3) is 0.579. The van der Waals surface area contributed by atoms with Gasteiger partial charge in [-0.3, -0.25) is 9.89 Å². The minimum atomic E-state index is -0.00525. The molecule has 0 atom stereocenters. The molecule has 26 heavy (non-hydrogen) atoms. The molecule has 5 rings (SSSR count). The standard InChI is InChI=1S/C19H24N6O/c1-24(19(26)17-9-16(21-22-17)12-6-7-12)14-10-25(11-14)18-8-13-4-2-3-5-15(13)20-23-18/h8-9,12,14H,2-7,10-11H2,1H3,(H,21,22). The van der Waals surface area contributed by atoms with Gasteiger partial charge >= 0.3 is 0 Å². The lowest BCUT2D eigenvalue weighted by molar-refractivity contribution is 0.0699. The maximum Gasteiger partial charge on any atom is 0.274 e. The Labute approximate surface area is 152 Å². The first kappa shape index (κ1) is 15.8. The lowest BCUT2D eigenvalue weighted by atomic mass is 9.96. The fourth-order valence-electron chi connectivity index (χ4n) is 3.92. The average molecular weight is 352 g/mol. The van der Waals surface area contributed by atoms with E-state index in [0.717, 1.165) is 43.1 Å². The Morgan fingerprint density at radius 3 is 2.81 bits per heavy atom. The zero-order valence-electron chi connectivity index (χ0n) is 15.1. The van der Waals surface area contributed by atoms with Gasteiger partial charge in [0.2, 0.25) is 0 Å². The Kier molecular flexibility index (Phi) is 3.69. The van der Waals surface area contributed by atoms with Gasteiger partial charge in [-0.1, -0.05) is 0 Å². The molecule has 1 saturated heterocycles. The van der Waals surface area contributed by atoms with Crippen LogP contribution >= 0.6 is 0 Å². The van der Waals surface area contributed by atoms with Gasteiger partial charge < -0.3 is 9.80 Å². The number of carbonyl (C=O) groups excluding carboxylic acids is 1. The van der Waals surface area contributed by atoms with Gasteiger partial charge in [-0.2, -0.15) is 10.2 Å². The van der Waals surface area contributed by atoms with E-state index in [-0.39, 0.29) is 11.9 Å². The number of nitrogens with zero attached hydrogens (tertiary/aromatic N) is 5.